The van der Waals surface area contributed by atoms with E-state index in [0.29, 0.717) is 68.1 Å². The van der Waals surface area contributed by atoms with Gasteiger partial charge in [-0.1, -0.05) is 17.7 Å². The first-order valence-electron chi connectivity index (χ1n) is 14.0. The molecule has 2 aromatic rings. The van der Waals surface area contributed by atoms with Gasteiger partial charge < -0.3 is 19.5 Å². The third kappa shape index (κ3) is 7.32. The lowest BCUT2D eigenvalue weighted by molar-refractivity contribution is -0.148. The molecule has 1 N–H and O–H groups in total. The van der Waals surface area contributed by atoms with E-state index in [0.717, 1.165) is 37.2 Å². The second-order valence-electron chi connectivity index (χ2n) is 11.1. The molecule has 0 saturated carbocycles. The molecule has 0 amide bonds. The molecule has 0 aliphatic carbocycles. The fourth-order valence-corrected chi connectivity index (χ4v) is 6.35. The van der Waals surface area contributed by atoms with Crippen molar-refractivity contribution in [1.82, 2.24) is 9.88 Å². The van der Waals surface area contributed by atoms with Crippen LogP contribution in [0.1, 0.15) is 61.5 Å². The van der Waals surface area contributed by atoms with E-state index in [2.05, 4.69) is 9.88 Å². The van der Waals surface area contributed by atoms with Crippen molar-refractivity contribution in [2.24, 2.45) is 5.92 Å². The zero-order chi connectivity index (χ0) is 28.3. The molecule has 5 rings (SSSR count). The van der Waals surface area contributed by atoms with Crippen LogP contribution in [0.5, 0.6) is 11.6 Å². The number of hydrogen-bond acceptors (Lipinski definition) is 6. The lowest BCUT2D eigenvalue weighted by Gasteiger charge is -2.38. The summed E-state index contributed by atoms with van der Waals surface area (Å²) in [6, 6.07) is 7.72. The Bertz CT molecular complexity index is 1180. The Labute approximate surface area is 237 Å². The first-order chi connectivity index (χ1) is 19.1. The van der Waals surface area contributed by atoms with Crippen LogP contribution < -0.4 is 14.4 Å². The molecular formula is C29H35ClF3N3O4. The van der Waals surface area contributed by atoms with Crippen LogP contribution in [-0.2, 0) is 4.79 Å². The molecule has 40 heavy (non-hydrogen) atoms. The topological polar surface area (TPSA) is 75.1 Å². The maximum Gasteiger partial charge on any atom is 0.401 e. The number of likely N-dealkylation sites (tertiary alicyclic amines) is 1. The van der Waals surface area contributed by atoms with Gasteiger partial charge in [-0.2, -0.15) is 13.2 Å². The highest BCUT2D eigenvalue weighted by Gasteiger charge is 2.34. The number of carboxylic acids is 1. The lowest BCUT2D eigenvalue weighted by Crippen LogP contribution is -2.40. The van der Waals surface area contributed by atoms with Gasteiger partial charge in [0.1, 0.15) is 5.75 Å². The number of carbonyl (C=O) groups is 1. The van der Waals surface area contributed by atoms with Gasteiger partial charge in [0.15, 0.2) is 0 Å². The Morgan fingerprint density at radius 2 is 1.82 bits per heavy atom. The number of alkyl halides is 3. The summed E-state index contributed by atoms with van der Waals surface area (Å²) in [5.41, 5.74) is 3.09. The number of rotatable bonds is 8. The molecule has 218 valence electrons. The van der Waals surface area contributed by atoms with E-state index < -0.39 is 18.7 Å². The summed E-state index contributed by atoms with van der Waals surface area (Å²) in [5, 5.41) is 9.91. The standard InChI is InChI=1S/C29H35ClF3N3O4/c30-22-1-2-23(20-5-8-35(9-6-20)18-29(31,32)33)25(14-22)36-10-3-19(4-11-36)17-40-27-15-24-21(13-28(37)38)7-12-39-26(24)16-34-27/h1-2,14-16,19-21H,3-13,17-18H2,(H,37,38). The van der Waals surface area contributed by atoms with Gasteiger partial charge in [0.25, 0.3) is 0 Å². The van der Waals surface area contributed by atoms with Gasteiger partial charge in [-0.05, 0) is 74.7 Å². The lowest BCUT2D eigenvalue weighted by atomic mass is 9.87. The Hall–Kier alpha value is -2.72. The second-order valence-corrected chi connectivity index (χ2v) is 11.5. The molecule has 1 aromatic heterocycles. The molecule has 1 aromatic carbocycles. The summed E-state index contributed by atoms with van der Waals surface area (Å²) in [6.45, 7) is 2.69. The van der Waals surface area contributed by atoms with Crippen molar-refractivity contribution >= 4 is 23.3 Å². The number of nitrogens with zero attached hydrogens (tertiary/aromatic N) is 3. The molecule has 7 nitrogen and oxygen atoms in total. The van der Waals surface area contributed by atoms with E-state index in [9.17, 15) is 23.1 Å². The molecule has 4 heterocycles. The summed E-state index contributed by atoms with van der Waals surface area (Å²) in [6.07, 6.45) is 1.39. The van der Waals surface area contributed by atoms with E-state index in [4.69, 9.17) is 21.1 Å². The molecule has 1 unspecified atom stereocenters. The van der Waals surface area contributed by atoms with Crippen LogP contribution in [-0.4, -0.2) is 73.1 Å². The maximum absolute atomic E-state index is 12.8. The van der Waals surface area contributed by atoms with Crippen LogP contribution in [0.3, 0.4) is 0 Å². The number of aromatic nitrogens is 1. The average molecular weight is 582 g/mol. The SMILES string of the molecule is O=C(O)CC1CCOc2cnc(OCC3CCN(c4cc(Cl)ccc4C4CCN(CC(F)(F)F)CC4)CC3)cc21. The number of fused-ring (bicyclic) bond motifs is 1. The smallest absolute Gasteiger partial charge is 0.401 e. The number of benzene rings is 1. The molecule has 0 bridgehead atoms. The quantitative estimate of drug-likeness (QED) is 0.403. The molecule has 2 saturated heterocycles. The van der Waals surface area contributed by atoms with Crippen LogP contribution in [0, 0.1) is 5.92 Å². The third-order valence-electron chi connectivity index (χ3n) is 8.30. The zero-order valence-electron chi connectivity index (χ0n) is 22.3. The van der Waals surface area contributed by atoms with Crippen molar-refractivity contribution in [1.29, 1.82) is 0 Å². The van der Waals surface area contributed by atoms with Crippen molar-refractivity contribution < 1.29 is 32.5 Å². The minimum Gasteiger partial charge on any atom is -0.492 e. The summed E-state index contributed by atoms with van der Waals surface area (Å²) < 4.78 is 50.2. The number of carboxylic acid groups (broad SMARTS) is 1. The van der Waals surface area contributed by atoms with E-state index in [1.807, 2.05) is 24.3 Å². The summed E-state index contributed by atoms with van der Waals surface area (Å²) in [4.78, 5) is 19.5. The highest BCUT2D eigenvalue weighted by atomic mass is 35.5. The monoisotopic (exact) mass is 581 g/mol. The highest BCUT2D eigenvalue weighted by Crippen LogP contribution is 2.39. The first-order valence-corrected chi connectivity index (χ1v) is 14.3. The minimum atomic E-state index is -4.17. The van der Waals surface area contributed by atoms with Crippen LogP contribution in [0.15, 0.2) is 30.5 Å². The molecular weight excluding hydrogens is 547 g/mol. The number of pyridine rings is 1. The van der Waals surface area contributed by atoms with Crippen molar-refractivity contribution in [2.45, 2.75) is 56.5 Å². The maximum atomic E-state index is 12.8. The predicted molar refractivity (Wildman–Crippen MR) is 146 cm³/mol. The van der Waals surface area contributed by atoms with Crippen LogP contribution >= 0.6 is 11.6 Å². The van der Waals surface area contributed by atoms with Gasteiger partial charge in [-0.3, -0.25) is 9.69 Å². The summed E-state index contributed by atoms with van der Waals surface area (Å²) >= 11 is 6.38. The Morgan fingerprint density at radius 3 is 2.52 bits per heavy atom. The fourth-order valence-electron chi connectivity index (χ4n) is 6.18. The summed E-state index contributed by atoms with van der Waals surface area (Å²) in [5.74, 6) is 0.713. The Balaban J connectivity index is 1.16. The number of anilines is 1. The van der Waals surface area contributed by atoms with E-state index in [-0.39, 0.29) is 18.3 Å². The molecule has 0 spiro atoms. The van der Waals surface area contributed by atoms with Gasteiger partial charge in [-0.25, -0.2) is 4.98 Å². The molecule has 0 radical (unpaired) electrons. The summed E-state index contributed by atoms with van der Waals surface area (Å²) in [7, 11) is 0. The predicted octanol–water partition coefficient (Wildman–Crippen LogP) is 6.11. The van der Waals surface area contributed by atoms with Crippen LogP contribution in [0.4, 0.5) is 18.9 Å². The van der Waals surface area contributed by atoms with Gasteiger partial charge >= 0.3 is 12.1 Å². The Morgan fingerprint density at radius 1 is 1.07 bits per heavy atom. The average Bonchev–Trinajstić information content (AvgIpc) is 2.92. The Kier molecular flexibility index (Phi) is 8.95. The molecule has 2 fully saturated rings. The number of halogens is 4. The van der Waals surface area contributed by atoms with E-state index >= 15 is 0 Å². The zero-order valence-corrected chi connectivity index (χ0v) is 23.1. The van der Waals surface area contributed by atoms with Crippen LogP contribution in [0.2, 0.25) is 5.02 Å². The fraction of sp³-hybridized carbons (Fsp3) is 0.586. The number of ether oxygens (including phenoxy) is 2. The first kappa shape index (κ1) is 28.8. The van der Waals surface area contributed by atoms with Gasteiger partial charge in [0.05, 0.1) is 32.4 Å². The van der Waals surface area contributed by atoms with E-state index in [1.54, 1.807) is 6.20 Å². The van der Waals surface area contributed by atoms with E-state index in [1.165, 1.54) is 10.5 Å². The normalized spacial score (nSPS) is 21.1. The number of aliphatic carboxylic acids is 1. The van der Waals surface area contributed by atoms with Crippen molar-refractivity contribution in [3.63, 3.8) is 0 Å². The minimum absolute atomic E-state index is 0.0520. The number of hydrogen-bond donors (Lipinski definition) is 1. The molecule has 3 aliphatic heterocycles. The van der Waals surface area contributed by atoms with Crippen molar-refractivity contribution in [3.05, 3.63) is 46.6 Å². The number of piperidine rings is 2. The van der Waals surface area contributed by atoms with Crippen LogP contribution in [0.25, 0.3) is 0 Å². The molecule has 3 aliphatic rings. The van der Waals surface area contributed by atoms with Gasteiger partial charge in [-0.15, -0.1) is 0 Å². The third-order valence-corrected chi connectivity index (χ3v) is 8.54. The van der Waals surface area contributed by atoms with Crippen molar-refractivity contribution in [2.75, 3.05) is 50.8 Å². The van der Waals surface area contributed by atoms with Gasteiger partial charge in [0, 0.05) is 41.3 Å². The largest absolute Gasteiger partial charge is 0.492 e. The van der Waals surface area contributed by atoms with Gasteiger partial charge in [0.2, 0.25) is 5.88 Å². The molecule has 11 heteroatoms. The molecule has 1 atom stereocenters. The second kappa shape index (κ2) is 12.4. The highest BCUT2D eigenvalue weighted by molar-refractivity contribution is 6.30. The van der Waals surface area contributed by atoms with Crippen molar-refractivity contribution in [3.8, 4) is 11.6 Å².